The van der Waals surface area contributed by atoms with E-state index in [1.807, 2.05) is 12.2 Å². The Balaban J connectivity index is 0.000000272. The predicted octanol–water partition coefficient (Wildman–Crippen LogP) is 4.96. The molecule has 0 aromatic rings. The first-order valence-corrected chi connectivity index (χ1v) is 12.7. The van der Waals surface area contributed by atoms with Crippen LogP contribution < -0.4 is 0 Å². The van der Waals surface area contributed by atoms with Gasteiger partial charge in [0, 0.05) is 0 Å². The van der Waals surface area contributed by atoms with Gasteiger partial charge in [0.15, 0.2) is 0 Å². The molecule has 0 spiro atoms. The molecule has 0 saturated carbocycles. The van der Waals surface area contributed by atoms with E-state index in [1.54, 1.807) is 28.9 Å². The van der Waals surface area contributed by atoms with Gasteiger partial charge < -0.3 is 0 Å². The van der Waals surface area contributed by atoms with Crippen LogP contribution >= 0.6 is 0 Å². The van der Waals surface area contributed by atoms with Crippen LogP contribution in [0.4, 0.5) is 0 Å². The first-order valence-electron chi connectivity index (χ1n) is 6.56. The second-order valence-corrected chi connectivity index (χ2v) is 13.9. The molecule has 0 bridgehead atoms. The summed E-state index contributed by atoms with van der Waals surface area (Å²) in [6.07, 6.45) is 18.9. The molecule has 0 N–H and O–H groups in total. The van der Waals surface area contributed by atoms with Crippen molar-refractivity contribution >= 4 is 5.43 Å². The maximum Gasteiger partial charge on any atom is -0.109 e. The van der Waals surface area contributed by atoms with E-state index in [2.05, 4.69) is 51.2 Å². The maximum absolute atomic E-state index is 3.21. The Kier molecular flexibility index (Phi) is 12.2. The van der Waals surface area contributed by atoms with Crippen LogP contribution in [0, 0.1) is 12.2 Å². The molecule has 0 saturated heterocycles. The normalized spacial score (nSPS) is 15.2. The van der Waals surface area contributed by atoms with Crippen molar-refractivity contribution in [3.63, 3.8) is 0 Å². The smallest absolute Gasteiger partial charge is 0.109 e. The predicted molar refractivity (Wildman–Crippen MR) is 79.1 cm³/mol. The standard InChI is InChI=1S/C9H13.C5H5.C2H6Si.Zr/c1-3-5-9-7-4-6-8(9)2;1-2-4-5-3-1;1-3-2;/h6H,3,5,7H2,1-2H3;1-3H,4H2;1-2H3;/q2*-1;;+2. The number of hydrogen-bond acceptors (Lipinski definition) is 0. The number of hydrogen-bond donors (Lipinski definition) is 0. The average molecular weight is 336 g/mol. The van der Waals surface area contributed by atoms with Crippen molar-refractivity contribution in [2.24, 2.45) is 0 Å². The number of allylic oxidation sites excluding steroid dienone is 8. The van der Waals surface area contributed by atoms with Crippen molar-refractivity contribution in [2.45, 2.75) is 52.6 Å². The quantitative estimate of drug-likeness (QED) is 0.494. The molecule has 2 aliphatic carbocycles. The van der Waals surface area contributed by atoms with Gasteiger partial charge >= 0.3 is 41.9 Å². The molecule has 0 aromatic carbocycles. The summed E-state index contributed by atoms with van der Waals surface area (Å²) in [5, 5.41) is 0. The molecule has 2 aliphatic rings. The molecule has 2 heteroatoms. The second-order valence-electron chi connectivity index (χ2n) is 4.56. The molecule has 0 nitrogen and oxygen atoms in total. The van der Waals surface area contributed by atoms with E-state index in [0.717, 1.165) is 12.8 Å². The van der Waals surface area contributed by atoms with Gasteiger partial charge in [0.2, 0.25) is 0 Å². The largest absolute Gasteiger partial charge is 0.273 e. The zero-order valence-corrected chi connectivity index (χ0v) is 15.6. The van der Waals surface area contributed by atoms with Crippen molar-refractivity contribution in [3.05, 3.63) is 47.6 Å². The van der Waals surface area contributed by atoms with Crippen LogP contribution in [0.1, 0.15) is 39.5 Å². The van der Waals surface area contributed by atoms with Crippen molar-refractivity contribution in [1.82, 2.24) is 0 Å². The minimum Gasteiger partial charge on any atom is -0.273 e. The van der Waals surface area contributed by atoms with Crippen LogP contribution in [-0.4, -0.2) is 5.43 Å². The zero-order chi connectivity index (χ0) is 13.8. The van der Waals surface area contributed by atoms with Gasteiger partial charge in [0.1, 0.15) is 0 Å². The van der Waals surface area contributed by atoms with Gasteiger partial charge in [0.05, 0.1) is 0 Å². The summed E-state index contributed by atoms with van der Waals surface area (Å²) < 4.78 is 0. The van der Waals surface area contributed by atoms with E-state index in [-0.39, 0.29) is 5.43 Å². The molecule has 0 amide bonds. The van der Waals surface area contributed by atoms with Crippen molar-refractivity contribution in [3.8, 4) is 0 Å². The summed E-state index contributed by atoms with van der Waals surface area (Å²) in [6, 6.07) is 0. The molecule has 0 unspecified atom stereocenters. The molecular weight excluding hydrogens is 311 g/mol. The molecule has 0 aliphatic heterocycles. The fraction of sp³-hybridized carbons (Fsp3) is 0.500. The van der Waals surface area contributed by atoms with E-state index >= 15 is 0 Å². The topological polar surface area (TPSA) is 0 Å². The fourth-order valence-electron chi connectivity index (χ4n) is 1.50. The first-order chi connectivity index (χ1) is 8.57. The number of rotatable bonds is 2. The summed E-state index contributed by atoms with van der Waals surface area (Å²) in [6.45, 7) is 9.01. The zero-order valence-electron chi connectivity index (χ0n) is 12.1. The maximum atomic E-state index is 3.21. The van der Waals surface area contributed by atoms with Gasteiger partial charge in [-0.25, -0.2) is 23.8 Å². The summed E-state index contributed by atoms with van der Waals surface area (Å²) in [5.41, 5.74) is 3.23. The Morgan fingerprint density at radius 2 is 2.00 bits per heavy atom. The Hall–Kier alpha value is 0.0600. The van der Waals surface area contributed by atoms with E-state index in [4.69, 9.17) is 0 Å². The van der Waals surface area contributed by atoms with Crippen molar-refractivity contribution in [2.75, 3.05) is 0 Å². The molecule has 0 atom stereocenters. The monoisotopic (exact) mass is 334 g/mol. The van der Waals surface area contributed by atoms with Crippen LogP contribution in [0.5, 0.6) is 0 Å². The molecule has 0 aromatic heterocycles. The molecule has 2 rings (SSSR count). The Labute approximate surface area is 128 Å². The molecule has 0 heterocycles. The summed E-state index contributed by atoms with van der Waals surface area (Å²) >= 11 is 1.74. The third-order valence-electron chi connectivity index (χ3n) is 2.33. The third kappa shape index (κ3) is 11.2. The van der Waals surface area contributed by atoms with Gasteiger partial charge in [-0.3, -0.25) is 12.2 Å². The molecular formula is C16H24SiZr. The van der Waals surface area contributed by atoms with Gasteiger partial charge in [-0.1, -0.05) is 13.3 Å². The molecule has 96 valence electrons. The van der Waals surface area contributed by atoms with Gasteiger partial charge in [-0.2, -0.15) is 11.6 Å². The summed E-state index contributed by atoms with van der Waals surface area (Å²) in [4.78, 5) is 0. The van der Waals surface area contributed by atoms with Gasteiger partial charge in [0.25, 0.3) is 0 Å². The molecule has 18 heavy (non-hydrogen) atoms. The Morgan fingerprint density at radius 3 is 2.28 bits per heavy atom. The minimum atomic E-state index is 0.210. The fourth-order valence-corrected chi connectivity index (χ4v) is 1.50. The van der Waals surface area contributed by atoms with E-state index in [1.165, 1.54) is 18.4 Å². The van der Waals surface area contributed by atoms with Gasteiger partial charge in [-0.05, 0) is 6.42 Å². The molecule has 0 radical (unpaired) electrons. The van der Waals surface area contributed by atoms with E-state index in [0.29, 0.717) is 0 Å². The van der Waals surface area contributed by atoms with Crippen LogP contribution in [0.25, 0.3) is 0 Å². The van der Waals surface area contributed by atoms with Crippen LogP contribution in [0.15, 0.2) is 35.5 Å². The van der Waals surface area contributed by atoms with Crippen LogP contribution in [0.2, 0.25) is 13.1 Å². The van der Waals surface area contributed by atoms with Crippen molar-refractivity contribution in [1.29, 1.82) is 0 Å². The Bertz CT molecular complexity index is 345. The SMILES string of the molecule is CCCC1=C(C)C=[C-]C1.C[Si](C)=[Zr+2].[C-]1=CC=CC1. The van der Waals surface area contributed by atoms with Crippen LogP contribution in [-0.2, 0) is 23.3 Å². The van der Waals surface area contributed by atoms with E-state index < -0.39 is 0 Å². The second kappa shape index (κ2) is 12.1. The third-order valence-corrected chi connectivity index (χ3v) is 2.33. The van der Waals surface area contributed by atoms with Crippen molar-refractivity contribution < 1.29 is 23.3 Å². The summed E-state index contributed by atoms with van der Waals surface area (Å²) in [5.74, 6) is 0. The minimum absolute atomic E-state index is 0.210. The molecule has 0 fully saturated rings. The summed E-state index contributed by atoms with van der Waals surface area (Å²) in [7, 11) is 0. The van der Waals surface area contributed by atoms with E-state index in [9.17, 15) is 0 Å². The average Bonchev–Trinajstić information content (AvgIpc) is 2.93. The van der Waals surface area contributed by atoms with Crippen LogP contribution in [0.3, 0.4) is 0 Å². The Morgan fingerprint density at radius 1 is 1.33 bits per heavy atom. The first kappa shape index (κ1) is 18.1. The van der Waals surface area contributed by atoms with Gasteiger partial charge in [-0.15, -0.1) is 19.8 Å².